The number of hydrogen-bond acceptors (Lipinski definition) is 11. The Morgan fingerprint density at radius 1 is 1.06 bits per heavy atom. The van der Waals surface area contributed by atoms with Gasteiger partial charge in [-0.25, -0.2) is 4.98 Å². The molecule has 52 heavy (non-hydrogen) atoms. The topological polar surface area (TPSA) is 177 Å². The molecule has 16 heteroatoms. The van der Waals surface area contributed by atoms with Crippen LogP contribution in [0.4, 0.5) is 17.5 Å². The number of anilines is 3. The van der Waals surface area contributed by atoms with E-state index in [1.807, 2.05) is 31.2 Å². The molecule has 272 valence electrons. The zero-order valence-electron chi connectivity index (χ0n) is 29.0. The number of carbonyl (C=O) groups is 4. The van der Waals surface area contributed by atoms with E-state index in [0.29, 0.717) is 72.9 Å². The summed E-state index contributed by atoms with van der Waals surface area (Å²) in [6.45, 7) is 3.87. The highest BCUT2D eigenvalue weighted by Crippen LogP contribution is 2.32. The summed E-state index contributed by atoms with van der Waals surface area (Å²) >= 11 is 6.50. The first-order chi connectivity index (χ1) is 25.1. The van der Waals surface area contributed by atoms with Crippen molar-refractivity contribution in [3.63, 3.8) is 0 Å². The number of piperidine rings is 2. The minimum atomic E-state index is -0.653. The second kappa shape index (κ2) is 15.7. The number of rotatable bonds is 9. The molecule has 2 aromatic heterocycles. The summed E-state index contributed by atoms with van der Waals surface area (Å²) in [6, 6.07) is 12.1. The van der Waals surface area contributed by atoms with Crippen molar-refractivity contribution in [2.75, 3.05) is 37.0 Å². The van der Waals surface area contributed by atoms with E-state index in [2.05, 4.69) is 25.8 Å². The third-order valence-electron chi connectivity index (χ3n) is 9.13. The van der Waals surface area contributed by atoms with Crippen molar-refractivity contribution < 1.29 is 28.7 Å². The minimum absolute atomic E-state index is 0.0392. The van der Waals surface area contributed by atoms with Crippen LogP contribution in [0.2, 0.25) is 5.02 Å². The van der Waals surface area contributed by atoms with Gasteiger partial charge in [0.1, 0.15) is 22.9 Å². The van der Waals surface area contributed by atoms with Crippen molar-refractivity contribution >= 4 is 64.1 Å². The van der Waals surface area contributed by atoms with Crippen LogP contribution in [-0.4, -0.2) is 82.5 Å². The Hall–Kier alpha value is -5.70. The van der Waals surface area contributed by atoms with Crippen LogP contribution in [0.5, 0.6) is 11.5 Å². The van der Waals surface area contributed by atoms with Crippen LogP contribution < -0.4 is 35.9 Å². The summed E-state index contributed by atoms with van der Waals surface area (Å²) in [5, 5.41) is 9.08. The fraction of sp³-hybridized carbons (Fsp3) is 0.361. The molecular weight excluding hydrogens is 692 g/mol. The highest BCUT2D eigenvalue weighted by atomic mass is 35.5. The first kappa shape index (κ1) is 36.1. The Kier molecular flexibility index (Phi) is 10.9. The van der Waals surface area contributed by atoms with Gasteiger partial charge in [0.2, 0.25) is 24.2 Å². The van der Waals surface area contributed by atoms with Gasteiger partial charge in [-0.15, -0.1) is 0 Å². The molecule has 3 aliphatic rings. The van der Waals surface area contributed by atoms with Crippen LogP contribution in [0, 0.1) is 0 Å². The maximum atomic E-state index is 13.0. The Morgan fingerprint density at radius 2 is 1.83 bits per heavy atom. The zero-order valence-corrected chi connectivity index (χ0v) is 29.7. The van der Waals surface area contributed by atoms with E-state index in [1.54, 1.807) is 43.1 Å². The highest BCUT2D eigenvalue weighted by molar-refractivity contribution is 6.33. The Labute approximate surface area is 304 Å². The summed E-state index contributed by atoms with van der Waals surface area (Å²) < 4.78 is 13.4. The summed E-state index contributed by atoms with van der Waals surface area (Å²) in [5.74, 6) is 1.03. The quantitative estimate of drug-likeness (QED) is 0.170. The predicted octanol–water partition coefficient (Wildman–Crippen LogP) is 3.30. The number of benzene rings is 2. The van der Waals surface area contributed by atoms with Crippen molar-refractivity contribution in [1.82, 2.24) is 30.1 Å². The van der Waals surface area contributed by atoms with Gasteiger partial charge in [-0.05, 0) is 61.4 Å². The van der Waals surface area contributed by atoms with E-state index in [0.717, 1.165) is 35.0 Å². The standard InChI is InChI=1S/C34H34ClN7O6.C2H5NO/c1-3-47-28-16-19-14-21(4-7-26(19)40(2)33(28)46)37-30-25(35)17-36-34(39-30)41-12-10-22(11-13-41)48-23-5-6-24-20(15-23)18-42(32(24)45)27-8-9-29(43)38-31(27)44;1-3-2-4/h4-7,14-17,22,27H,3,8-13,18H2,1-2H3,(H,36,37,39)(H,38,43,44);2H,1H3,(H,3,4). The number of carbonyl (C=O) groups excluding carboxylic acids is 4. The van der Waals surface area contributed by atoms with E-state index in [9.17, 15) is 19.2 Å². The van der Waals surface area contributed by atoms with Gasteiger partial charge in [0.15, 0.2) is 11.6 Å². The summed E-state index contributed by atoms with van der Waals surface area (Å²) in [6.07, 6.45) is 4.17. The number of nitrogens with one attached hydrogen (secondary N) is 3. The number of amides is 4. The van der Waals surface area contributed by atoms with Crippen LogP contribution in [0.1, 0.15) is 48.5 Å². The van der Waals surface area contributed by atoms with Crippen LogP contribution in [-0.2, 0) is 28.0 Å². The van der Waals surface area contributed by atoms with Crippen molar-refractivity contribution in [3.05, 3.63) is 75.2 Å². The fourth-order valence-corrected chi connectivity index (χ4v) is 6.65. The molecule has 0 aliphatic carbocycles. The lowest BCUT2D eigenvalue weighted by atomic mass is 10.0. The molecule has 7 rings (SSSR count). The Morgan fingerprint density at radius 3 is 2.54 bits per heavy atom. The number of fused-ring (bicyclic) bond motifs is 2. The predicted molar refractivity (Wildman–Crippen MR) is 194 cm³/mol. The largest absolute Gasteiger partial charge is 0.490 e. The molecule has 3 aliphatic heterocycles. The molecular formula is C36H39ClN8O7. The van der Waals surface area contributed by atoms with Crippen LogP contribution in [0.3, 0.4) is 0 Å². The molecule has 0 saturated carbocycles. The van der Waals surface area contributed by atoms with Crippen molar-refractivity contribution in [2.24, 2.45) is 7.05 Å². The molecule has 1 unspecified atom stereocenters. The number of ether oxygens (including phenoxy) is 2. The van der Waals surface area contributed by atoms with E-state index in [-0.39, 0.29) is 29.9 Å². The molecule has 2 saturated heterocycles. The van der Waals surface area contributed by atoms with Gasteiger partial charge in [0.25, 0.3) is 11.5 Å². The van der Waals surface area contributed by atoms with Gasteiger partial charge >= 0.3 is 0 Å². The zero-order chi connectivity index (χ0) is 36.9. The Bertz CT molecular complexity index is 2080. The van der Waals surface area contributed by atoms with Crippen molar-refractivity contribution in [3.8, 4) is 11.5 Å². The molecule has 1 atom stereocenters. The maximum absolute atomic E-state index is 13.0. The third-order valence-corrected chi connectivity index (χ3v) is 9.40. The number of halogens is 1. The van der Waals surface area contributed by atoms with Gasteiger partial charge in [-0.2, -0.15) is 4.98 Å². The smallest absolute Gasteiger partial charge is 0.293 e. The Balaban J connectivity index is 0.00000110. The molecule has 15 nitrogen and oxygen atoms in total. The van der Waals surface area contributed by atoms with Gasteiger partial charge in [0.05, 0.1) is 18.3 Å². The molecule has 0 radical (unpaired) electrons. The monoisotopic (exact) mass is 730 g/mol. The van der Waals surface area contributed by atoms with E-state index in [4.69, 9.17) is 30.9 Å². The second-order valence-corrected chi connectivity index (χ2v) is 12.9. The average molecular weight is 731 g/mol. The minimum Gasteiger partial charge on any atom is -0.490 e. The average Bonchev–Trinajstić information content (AvgIpc) is 3.46. The maximum Gasteiger partial charge on any atom is 0.293 e. The fourth-order valence-electron chi connectivity index (χ4n) is 6.51. The van der Waals surface area contributed by atoms with Crippen molar-refractivity contribution in [2.45, 2.75) is 51.3 Å². The highest BCUT2D eigenvalue weighted by Gasteiger charge is 2.39. The SMILES string of the molecule is CCOc1cc2cc(Nc3nc(N4CCC(Oc5ccc6c(c5)CN(C5CCC(=O)NC5=O)C6=O)CC4)ncc3Cl)ccc2n(C)c1=O.CNC=O. The summed E-state index contributed by atoms with van der Waals surface area (Å²) in [5.41, 5.74) is 2.69. The van der Waals surface area contributed by atoms with Crippen LogP contribution in [0.25, 0.3) is 10.9 Å². The number of imide groups is 1. The lowest BCUT2D eigenvalue weighted by molar-refractivity contribution is -0.136. The van der Waals surface area contributed by atoms with Gasteiger partial charge in [0, 0.05) is 69.6 Å². The van der Waals surface area contributed by atoms with E-state index >= 15 is 0 Å². The normalized spacial score (nSPS) is 17.2. The second-order valence-electron chi connectivity index (χ2n) is 12.5. The number of pyridine rings is 1. The van der Waals surface area contributed by atoms with Crippen molar-refractivity contribution in [1.29, 1.82) is 0 Å². The van der Waals surface area contributed by atoms with Gasteiger partial charge in [-0.3, -0.25) is 29.3 Å². The molecule has 0 spiro atoms. The number of nitrogens with zero attached hydrogens (tertiary/aromatic N) is 5. The molecule has 0 bridgehead atoms. The number of aromatic nitrogens is 3. The first-order valence-electron chi connectivity index (χ1n) is 17.0. The molecule has 2 fully saturated rings. The number of aryl methyl sites for hydroxylation is 1. The molecule has 4 aromatic rings. The van der Waals surface area contributed by atoms with E-state index < -0.39 is 11.9 Å². The molecule has 2 aromatic carbocycles. The summed E-state index contributed by atoms with van der Waals surface area (Å²) in [4.78, 5) is 71.4. The summed E-state index contributed by atoms with van der Waals surface area (Å²) in [7, 11) is 3.28. The van der Waals surface area contributed by atoms with Gasteiger partial charge in [-0.1, -0.05) is 11.6 Å². The van der Waals surface area contributed by atoms with Crippen LogP contribution >= 0.6 is 11.6 Å². The first-order valence-corrected chi connectivity index (χ1v) is 17.3. The third kappa shape index (κ3) is 7.64. The molecule has 4 amide bonds. The lowest BCUT2D eigenvalue weighted by Crippen LogP contribution is -2.52. The molecule has 5 heterocycles. The van der Waals surface area contributed by atoms with Crippen LogP contribution in [0.15, 0.2) is 53.5 Å². The molecule has 3 N–H and O–H groups in total. The lowest BCUT2D eigenvalue weighted by Gasteiger charge is -2.32. The number of hydrogen-bond donors (Lipinski definition) is 3. The van der Waals surface area contributed by atoms with Gasteiger partial charge < -0.3 is 34.5 Å². The van der Waals surface area contributed by atoms with E-state index in [1.165, 1.54) is 4.90 Å².